The van der Waals surface area contributed by atoms with Crippen LogP contribution in [0.5, 0.6) is 0 Å². The predicted molar refractivity (Wildman–Crippen MR) is 57.5 cm³/mol. The topological polar surface area (TPSA) is 17.1 Å². The number of carbonyl (C=O) groups excluding carboxylic acids is 1. The summed E-state index contributed by atoms with van der Waals surface area (Å²) in [6.07, 6.45) is 0.932. The van der Waals surface area contributed by atoms with Gasteiger partial charge in [0, 0.05) is 4.90 Å². The van der Waals surface area contributed by atoms with Crippen LogP contribution in [-0.2, 0) is 4.79 Å². The number of hydrogen-bond acceptors (Lipinski definition) is 2. The second-order valence-electron chi connectivity index (χ2n) is 3.25. The highest BCUT2D eigenvalue weighted by atomic mass is 35.5. The Morgan fingerprint density at radius 2 is 2.00 bits per heavy atom. The first kappa shape index (κ1) is 10.6. The minimum Gasteiger partial charge on any atom is -0.302 e. The molecule has 13 heavy (non-hydrogen) atoms. The van der Waals surface area contributed by atoms with Crippen molar-refractivity contribution in [2.45, 2.75) is 23.5 Å². The summed E-state index contributed by atoms with van der Waals surface area (Å²) in [5.41, 5.74) is 0. The molecule has 0 amide bonds. The van der Waals surface area contributed by atoms with E-state index in [-0.39, 0.29) is 0 Å². The van der Waals surface area contributed by atoms with Gasteiger partial charge in [-0.15, -0.1) is 11.8 Å². The monoisotopic (exact) mass is 214 g/mol. The maximum atomic E-state index is 10.7. The zero-order valence-electron chi connectivity index (χ0n) is 7.58. The molecule has 0 N–H and O–H groups in total. The van der Waals surface area contributed by atoms with Crippen LogP contribution >= 0.6 is 23.4 Å². The number of aldehydes is 1. The molecule has 1 aromatic carbocycles. The van der Waals surface area contributed by atoms with E-state index in [4.69, 9.17) is 11.6 Å². The number of thioether (sulfide) groups is 1. The molecule has 0 aromatic heterocycles. The fourth-order valence-corrected chi connectivity index (χ4v) is 2.01. The fourth-order valence-electron chi connectivity index (χ4n) is 0.835. The van der Waals surface area contributed by atoms with E-state index < -0.39 is 4.75 Å². The Bertz CT molecular complexity index is 310. The third-order valence-corrected chi connectivity index (χ3v) is 3.13. The summed E-state index contributed by atoms with van der Waals surface area (Å²) < 4.78 is -0.412. The van der Waals surface area contributed by atoms with Crippen molar-refractivity contribution in [1.82, 2.24) is 0 Å². The molecule has 3 heteroatoms. The van der Waals surface area contributed by atoms with Crippen molar-refractivity contribution in [1.29, 1.82) is 0 Å². The van der Waals surface area contributed by atoms with Gasteiger partial charge in [0.2, 0.25) is 0 Å². The van der Waals surface area contributed by atoms with Crippen LogP contribution < -0.4 is 0 Å². The van der Waals surface area contributed by atoms with Gasteiger partial charge in [0.05, 0.1) is 9.77 Å². The molecule has 70 valence electrons. The van der Waals surface area contributed by atoms with E-state index in [9.17, 15) is 4.79 Å². The smallest absolute Gasteiger partial charge is 0.135 e. The molecule has 0 saturated carbocycles. The lowest BCUT2D eigenvalue weighted by Gasteiger charge is -2.16. The predicted octanol–water partition coefficient (Wildman–Crippen LogP) is 3.41. The molecule has 1 rings (SSSR count). The average molecular weight is 215 g/mol. The van der Waals surface area contributed by atoms with Crippen molar-refractivity contribution in [3.05, 3.63) is 29.3 Å². The van der Waals surface area contributed by atoms with Gasteiger partial charge in [0.1, 0.15) is 6.29 Å². The fraction of sp³-hybridized carbons (Fsp3) is 0.300. The number of halogens is 1. The first-order chi connectivity index (χ1) is 6.05. The van der Waals surface area contributed by atoms with Gasteiger partial charge in [-0.05, 0) is 26.0 Å². The summed E-state index contributed by atoms with van der Waals surface area (Å²) in [7, 11) is 0. The van der Waals surface area contributed by atoms with Crippen LogP contribution in [0.25, 0.3) is 0 Å². The third-order valence-electron chi connectivity index (χ3n) is 1.49. The molecule has 0 fully saturated rings. The zero-order valence-corrected chi connectivity index (χ0v) is 9.15. The van der Waals surface area contributed by atoms with Gasteiger partial charge in [-0.3, -0.25) is 0 Å². The van der Waals surface area contributed by atoms with E-state index in [0.29, 0.717) is 5.02 Å². The average Bonchev–Trinajstić information content (AvgIpc) is 2.09. The second kappa shape index (κ2) is 4.16. The Morgan fingerprint density at radius 3 is 2.54 bits per heavy atom. The molecule has 0 unspecified atom stereocenters. The van der Waals surface area contributed by atoms with Crippen LogP contribution in [0.1, 0.15) is 13.8 Å². The molecule has 0 spiro atoms. The molecule has 0 bridgehead atoms. The van der Waals surface area contributed by atoms with E-state index >= 15 is 0 Å². The standard InChI is InChI=1S/C10H11ClOS/c1-10(2,7-12)13-9-6-4-3-5-8(9)11/h3-7H,1-2H3. The highest BCUT2D eigenvalue weighted by molar-refractivity contribution is 8.01. The van der Waals surface area contributed by atoms with Crippen LogP contribution in [-0.4, -0.2) is 11.0 Å². The van der Waals surface area contributed by atoms with E-state index in [0.717, 1.165) is 11.2 Å². The normalized spacial score (nSPS) is 11.3. The van der Waals surface area contributed by atoms with Crippen LogP contribution in [0.15, 0.2) is 29.2 Å². The van der Waals surface area contributed by atoms with E-state index in [1.54, 1.807) is 0 Å². The van der Waals surface area contributed by atoms with Crippen molar-refractivity contribution in [2.75, 3.05) is 0 Å². The number of benzene rings is 1. The Kier molecular flexibility index (Phi) is 3.40. The molecule has 1 nitrogen and oxygen atoms in total. The molecule has 0 aliphatic carbocycles. The quantitative estimate of drug-likeness (QED) is 0.567. The first-order valence-corrected chi connectivity index (χ1v) is 5.14. The Balaban J connectivity index is 2.86. The van der Waals surface area contributed by atoms with Crippen molar-refractivity contribution in [3.63, 3.8) is 0 Å². The molecule has 0 saturated heterocycles. The summed E-state index contributed by atoms with van der Waals surface area (Å²) in [6.45, 7) is 3.74. The summed E-state index contributed by atoms with van der Waals surface area (Å²) in [5.74, 6) is 0. The highest BCUT2D eigenvalue weighted by Gasteiger charge is 2.19. The summed E-state index contributed by atoms with van der Waals surface area (Å²) in [6, 6.07) is 7.53. The molecule has 1 aromatic rings. The molecule has 0 aliphatic heterocycles. The lowest BCUT2D eigenvalue weighted by molar-refractivity contribution is -0.109. The van der Waals surface area contributed by atoms with Crippen LogP contribution in [0, 0.1) is 0 Å². The summed E-state index contributed by atoms with van der Waals surface area (Å²) in [5, 5.41) is 0.697. The number of rotatable bonds is 3. The zero-order chi connectivity index (χ0) is 9.90. The van der Waals surface area contributed by atoms with Gasteiger partial charge in [-0.1, -0.05) is 23.7 Å². The maximum absolute atomic E-state index is 10.7. The van der Waals surface area contributed by atoms with Gasteiger partial charge in [0.15, 0.2) is 0 Å². The molecule has 0 radical (unpaired) electrons. The SMILES string of the molecule is CC(C)(C=O)Sc1ccccc1Cl. The van der Waals surface area contributed by atoms with Crippen LogP contribution in [0.3, 0.4) is 0 Å². The van der Waals surface area contributed by atoms with Crippen molar-refractivity contribution < 1.29 is 4.79 Å². The van der Waals surface area contributed by atoms with Crippen molar-refractivity contribution >= 4 is 29.6 Å². The third kappa shape index (κ3) is 3.05. The molecule has 0 atom stereocenters. The molecule has 0 aliphatic rings. The van der Waals surface area contributed by atoms with Gasteiger partial charge >= 0.3 is 0 Å². The van der Waals surface area contributed by atoms with Crippen LogP contribution in [0.2, 0.25) is 5.02 Å². The van der Waals surface area contributed by atoms with E-state index in [2.05, 4.69) is 0 Å². The number of hydrogen-bond donors (Lipinski definition) is 0. The molecular weight excluding hydrogens is 204 g/mol. The largest absolute Gasteiger partial charge is 0.302 e. The minimum atomic E-state index is -0.412. The van der Waals surface area contributed by atoms with Gasteiger partial charge in [-0.2, -0.15) is 0 Å². The summed E-state index contributed by atoms with van der Waals surface area (Å²) in [4.78, 5) is 11.6. The maximum Gasteiger partial charge on any atom is 0.135 e. The van der Waals surface area contributed by atoms with Gasteiger partial charge in [-0.25, -0.2) is 0 Å². The first-order valence-electron chi connectivity index (χ1n) is 3.95. The Hall–Kier alpha value is -0.470. The lowest BCUT2D eigenvalue weighted by atomic mass is 10.2. The Labute approximate surface area is 87.5 Å². The van der Waals surface area contributed by atoms with Gasteiger partial charge in [0.25, 0.3) is 0 Å². The summed E-state index contributed by atoms with van der Waals surface area (Å²) >= 11 is 7.42. The molecular formula is C10H11ClOS. The second-order valence-corrected chi connectivity index (χ2v) is 5.36. The van der Waals surface area contributed by atoms with Gasteiger partial charge < -0.3 is 4.79 Å². The van der Waals surface area contributed by atoms with Crippen LogP contribution in [0.4, 0.5) is 0 Å². The minimum absolute atomic E-state index is 0.412. The highest BCUT2D eigenvalue weighted by Crippen LogP contribution is 2.35. The van der Waals surface area contributed by atoms with E-state index in [1.807, 2.05) is 38.1 Å². The van der Waals surface area contributed by atoms with E-state index in [1.165, 1.54) is 11.8 Å². The Morgan fingerprint density at radius 1 is 1.38 bits per heavy atom. The lowest BCUT2D eigenvalue weighted by Crippen LogP contribution is -2.15. The van der Waals surface area contributed by atoms with Crippen molar-refractivity contribution in [2.24, 2.45) is 0 Å². The number of carbonyl (C=O) groups is 1. The molecule has 0 heterocycles. The van der Waals surface area contributed by atoms with Crippen molar-refractivity contribution in [3.8, 4) is 0 Å².